The van der Waals surface area contributed by atoms with E-state index in [4.69, 9.17) is 28.2 Å². The maximum atomic E-state index is 6.39. The molecule has 1 saturated heterocycles. The zero-order valence-electron chi connectivity index (χ0n) is 17.7. The molecule has 2 aromatic carbocycles. The van der Waals surface area contributed by atoms with Crippen molar-refractivity contribution in [2.45, 2.75) is 25.9 Å². The summed E-state index contributed by atoms with van der Waals surface area (Å²) in [6.07, 6.45) is 1.80. The topological polar surface area (TPSA) is 41.3 Å². The lowest BCUT2D eigenvalue weighted by atomic mass is 10.0. The average molecular weight is 460 g/mol. The van der Waals surface area contributed by atoms with Crippen molar-refractivity contribution in [3.63, 3.8) is 0 Å². The smallest absolute Gasteiger partial charge is 0.174 e. The van der Waals surface area contributed by atoms with Crippen molar-refractivity contribution in [2.75, 3.05) is 4.90 Å². The molecule has 0 saturated carbocycles. The molecule has 0 unspecified atom stereocenters. The first-order valence-electron chi connectivity index (χ1n) is 10.4. The van der Waals surface area contributed by atoms with Crippen LogP contribution in [0.1, 0.15) is 34.7 Å². The lowest BCUT2D eigenvalue weighted by Crippen LogP contribution is -2.29. The van der Waals surface area contributed by atoms with Gasteiger partial charge >= 0.3 is 0 Å². The van der Waals surface area contributed by atoms with Gasteiger partial charge in [0.2, 0.25) is 0 Å². The third-order valence-electron chi connectivity index (χ3n) is 5.91. The monoisotopic (exact) mass is 459 g/mol. The van der Waals surface area contributed by atoms with Crippen molar-refractivity contribution < 1.29 is 4.42 Å². The van der Waals surface area contributed by atoms with E-state index in [0.29, 0.717) is 10.1 Å². The number of aryl methyl sites for hydroxylation is 2. The van der Waals surface area contributed by atoms with Crippen molar-refractivity contribution >= 4 is 34.6 Å². The molecule has 0 bridgehead atoms. The predicted molar refractivity (Wildman–Crippen MR) is 133 cm³/mol. The van der Waals surface area contributed by atoms with Gasteiger partial charge in [0.05, 0.1) is 11.7 Å². The van der Waals surface area contributed by atoms with Gasteiger partial charge < -0.3 is 14.6 Å². The van der Waals surface area contributed by atoms with E-state index in [9.17, 15) is 0 Å². The fourth-order valence-corrected chi connectivity index (χ4v) is 4.55. The lowest BCUT2D eigenvalue weighted by molar-refractivity contribution is 0.439. The zero-order chi connectivity index (χ0) is 22.2. The van der Waals surface area contributed by atoms with Crippen molar-refractivity contribution in [1.82, 2.24) is 10.3 Å². The molecule has 2 atom stereocenters. The van der Waals surface area contributed by atoms with Gasteiger partial charge in [0, 0.05) is 22.5 Å². The first-order chi connectivity index (χ1) is 15.5. The Morgan fingerprint density at radius 1 is 0.969 bits per heavy atom. The van der Waals surface area contributed by atoms with Gasteiger partial charge in [-0.1, -0.05) is 23.7 Å². The SMILES string of the molecule is Cc1ccc(N2C(=S)N[C@@H](c3ccccn3)[C@@H]2c2ccc(-c3ccc(Cl)cc3)o2)cc1C. The summed E-state index contributed by atoms with van der Waals surface area (Å²) in [6.45, 7) is 4.22. The fraction of sp³-hybridized carbons (Fsp3) is 0.154. The van der Waals surface area contributed by atoms with E-state index in [0.717, 1.165) is 28.5 Å². The molecule has 2 aromatic heterocycles. The Morgan fingerprint density at radius 2 is 1.78 bits per heavy atom. The van der Waals surface area contributed by atoms with Crippen LogP contribution in [-0.2, 0) is 0 Å². The maximum Gasteiger partial charge on any atom is 0.174 e. The van der Waals surface area contributed by atoms with Crippen LogP contribution in [0, 0.1) is 13.8 Å². The molecule has 4 aromatic rings. The van der Waals surface area contributed by atoms with E-state index in [1.807, 2.05) is 54.6 Å². The van der Waals surface area contributed by atoms with Crippen LogP contribution in [0.2, 0.25) is 5.02 Å². The quantitative estimate of drug-likeness (QED) is 0.340. The number of pyridine rings is 1. The van der Waals surface area contributed by atoms with E-state index in [1.165, 1.54) is 11.1 Å². The summed E-state index contributed by atoms with van der Waals surface area (Å²) in [6, 6.07) is 23.7. The Kier molecular flexibility index (Phi) is 5.45. The Morgan fingerprint density at radius 3 is 2.50 bits per heavy atom. The van der Waals surface area contributed by atoms with Crippen LogP contribution >= 0.6 is 23.8 Å². The number of thiocarbonyl (C=S) groups is 1. The average Bonchev–Trinajstić information content (AvgIpc) is 3.41. The summed E-state index contributed by atoms with van der Waals surface area (Å²) >= 11 is 11.9. The summed E-state index contributed by atoms with van der Waals surface area (Å²) in [5, 5.41) is 4.82. The Hall–Kier alpha value is -3.15. The van der Waals surface area contributed by atoms with Gasteiger partial charge in [-0.25, -0.2) is 0 Å². The molecule has 1 aliphatic heterocycles. The minimum atomic E-state index is -0.180. The largest absolute Gasteiger partial charge is 0.459 e. The van der Waals surface area contributed by atoms with Crippen LogP contribution in [0.25, 0.3) is 11.3 Å². The second-order valence-corrected chi connectivity index (χ2v) is 8.80. The molecule has 0 amide bonds. The Bertz CT molecular complexity index is 1270. The number of nitrogens with zero attached hydrogens (tertiary/aromatic N) is 2. The van der Waals surface area contributed by atoms with Gasteiger partial charge in [-0.2, -0.15) is 0 Å². The lowest BCUT2D eigenvalue weighted by Gasteiger charge is -2.26. The first kappa shape index (κ1) is 20.7. The highest BCUT2D eigenvalue weighted by molar-refractivity contribution is 7.80. The van der Waals surface area contributed by atoms with Crippen LogP contribution in [-0.4, -0.2) is 10.1 Å². The van der Waals surface area contributed by atoms with Crippen molar-refractivity contribution in [2.24, 2.45) is 0 Å². The highest BCUT2D eigenvalue weighted by atomic mass is 35.5. The van der Waals surface area contributed by atoms with E-state index in [1.54, 1.807) is 6.20 Å². The van der Waals surface area contributed by atoms with Crippen molar-refractivity contribution in [3.8, 4) is 11.3 Å². The summed E-state index contributed by atoms with van der Waals surface area (Å²) < 4.78 is 6.39. The molecule has 0 spiro atoms. The molecule has 4 nitrogen and oxygen atoms in total. The molecular formula is C26H22ClN3OS. The molecule has 3 heterocycles. The number of nitrogens with one attached hydrogen (secondary N) is 1. The summed E-state index contributed by atoms with van der Waals surface area (Å²) in [7, 11) is 0. The molecule has 32 heavy (non-hydrogen) atoms. The summed E-state index contributed by atoms with van der Waals surface area (Å²) in [5.74, 6) is 1.60. The first-order valence-corrected chi connectivity index (χ1v) is 11.2. The molecular weight excluding hydrogens is 438 g/mol. The van der Waals surface area contributed by atoms with Crippen LogP contribution in [0.5, 0.6) is 0 Å². The predicted octanol–water partition coefficient (Wildman–Crippen LogP) is 6.79. The number of hydrogen-bond donors (Lipinski definition) is 1. The molecule has 6 heteroatoms. The third kappa shape index (κ3) is 3.78. The molecule has 0 radical (unpaired) electrons. The maximum absolute atomic E-state index is 6.39. The van der Waals surface area contributed by atoms with Crippen molar-refractivity contribution in [1.29, 1.82) is 0 Å². The van der Waals surface area contributed by atoms with Crippen LogP contribution in [0.15, 0.2) is 83.4 Å². The Balaban J connectivity index is 1.60. The van der Waals surface area contributed by atoms with E-state index >= 15 is 0 Å². The standard InChI is InChI=1S/C26H22ClN3OS/c1-16-6-11-20(15-17(16)2)30-25(24(29-26(30)32)21-5-3-4-14-28-21)23-13-12-22(31-23)18-7-9-19(27)10-8-18/h3-15,24-25H,1-2H3,(H,29,32)/t24-,25-/m0/s1. The molecule has 1 aliphatic rings. The molecule has 1 fully saturated rings. The van der Waals surface area contributed by atoms with Crippen LogP contribution < -0.4 is 10.2 Å². The third-order valence-corrected chi connectivity index (χ3v) is 6.48. The van der Waals surface area contributed by atoms with Crippen LogP contribution in [0.4, 0.5) is 5.69 Å². The highest BCUT2D eigenvalue weighted by Gasteiger charge is 2.42. The van der Waals surface area contributed by atoms with Gasteiger partial charge in [-0.05, 0) is 97.9 Å². The second kappa shape index (κ2) is 8.41. The second-order valence-electron chi connectivity index (χ2n) is 7.97. The van der Waals surface area contributed by atoms with Gasteiger partial charge in [0.15, 0.2) is 5.11 Å². The molecule has 160 valence electrons. The Labute approximate surface area is 197 Å². The van der Waals surface area contributed by atoms with Gasteiger partial charge in [-0.15, -0.1) is 0 Å². The number of furan rings is 1. The minimum Gasteiger partial charge on any atom is -0.459 e. The van der Waals surface area contributed by atoms with Crippen molar-refractivity contribution in [3.05, 3.63) is 107 Å². The number of anilines is 1. The number of aromatic nitrogens is 1. The zero-order valence-corrected chi connectivity index (χ0v) is 19.3. The van der Waals surface area contributed by atoms with Gasteiger partial charge in [0.25, 0.3) is 0 Å². The number of hydrogen-bond acceptors (Lipinski definition) is 3. The van der Waals surface area contributed by atoms with E-state index in [2.05, 4.69) is 47.2 Å². The molecule has 1 N–H and O–H groups in total. The summed E-state index contributed by atoms with van der Waals surface area (Å²) in [5.41, 5.74) is 5.37. The van der Waals surface area contributed by atoms with Gasteiger partial charge in [-0.3, -0.25) is 4.98 Å². The van der Waals surface area contributed by atoms with Gasteiger partial charge in [0.1, 0.15) is 17.6 Å². The van der Waals surface area contributed by atoms with E-state index < -0.39 is 0 Å². The molecule has 0 aliphatic carbocycles. The number of benzene rings is 2. The van der Waals surface area contributed by atoms with Crippen LogP contribution in [0.3, 0.4) is 0 Å². The summed E-state index contributed by atoms with van der Waals surface area (Å²) in [4.78, 5) is 6.73. The van der Waals surface area contributed by atoms with E-state index in [-0.39, 0.29) is 12.1 Å². The highest BCUT2D eigenvalue weighted by Crippen LogP contribution is 2.43. The number of rotatable bonds is 4. The fourth-order valence-electron chi connectivity index (χ4n) is 4.08. The molecule has 5 rings (SSSR count). The normalized spacial score (nSPS) is 18.1. The minimum absolute atomic E-state index is 0.144. The number of halogens is 1.